The minimum atomic E-state index is 0.619. The molecular formula is C16H16Cl2N2S. The topological polar surface area (TPSA) is 24.1 Å². The Morgan fingerprint density at radius 2 is 1.48 bits per heavy atom. The van der Waals surface area contributed by atoms with Gasteiger partial charge >= 0.3 is 0 Å². The van der Waals surface area contributed by atoms with E-state index in [1.807, 2.05) is 48.5 Å². The zero-order valence-corrected chi connectivity index (χ0v) is 13.7. The van der Waals surface area contributed by atoms with Crippen molar-refractivity contribution in [2.45, 2.75) is 12.8 Å². The molecule has 110 valence electrons. The predicted molar refractivity (Wildman–Crippen MR) is 95.4 cm³/mol. The first-order chi connectivity index (χ1) is 10.1. The summed E-state index contributed by atoms with van der Waals surface area (Å²) in [6.07, 6.45) is 2.00. The lowest BCUT2D eigenvalue weighted by molar-refractivity contribution is 0.777. The molecule has 0 aliphatic carbocycles. The molecule has 0 heterocycles. The summed E-state index contributed by atoms with van der Waals surface area (Å²) in [7, 11) is 0. The number of rotatable bonds is 5. The van der Waals surface area contributed by atoms with Crippen LogP contribution in [-0.2, 0) is 6.42 Å². The third-order valence-electron chi connectivity index (χ3n) is 2.94. The van der Waals surface area contributed by atoms with Crippen molar-refractivity contribution >= 4 is 46.2 Å². The summed E-state index contributed by atoms with van der Waals surface area (Å²) in [4.78, 5) is 0. The lowest BCUT2D eigenvalue weighted by Crippen LogP contribution is -2.29. The molecule has 0 fully saturated rings. The highest BCUT2D eigenvalue weighted by molar-refractivity contribution is 7.80. The molecule has 0 aliphatic rings. The molecule has 0 bridgehead atoms. The lowest BCUT2D eigenvalue weighted by Gasteiger charge is -2.10. The molecule has 0 amide bonds. The molecule has 5 heteroatoms. The second-order valence-electron chi connectivity index (χ2n) is 4.62. The van der Waals surface area contributed by atoms with E-state index in [1.54, 1.807) is 0 Å². The zero-order valence-electron chi connectivity index (χ0n) is 11.4. The molecule has 2 rings (SSSR count). The van der Waals surface area contributed by atoms with Crippen LogP contribution in [0, 0.1) is 0 Å². The molecule has 0 radical (unpaired) electrons. The van der Waals surface area contributed by atoms with Crippen molar-refractivity contribution in [3.8, 4) is 0 Å². The van der Waals surface area contributed by atoms with Gasteiger partial charge in [-0.1, -0.05) is 35.3 Å². The quantitative estimate of drug-likeness (QED) is 0.598. The normalized spacial score (nSPS) is 10.2. The van der Waals surface area contributed by atoms with E-state index in [0.717, 1.165) is 30.1 Å². The Hall–Kier alpha value is -1.29. The molecule has 2 aromatic rings. The summed E-state index contributed by atoms with van der Waals surface area (Å²) < 4.78 is 0. The zero-order chi connectivity index (χ0) is 15.1. The molecule has 0 aliphatic heterocycles. The molecule has 0 saturated heterocycles. The Balaban J connectivity index is 1.67. The summed E-state index contributed by atoms with van der Waals surface area (Å²) in [5.74, 6) is 0. The van der Waals surface area contributed by atoms with Crippen LogP contribution in [0.3, 0.4) is 0 Å². The fraction of sp³-hybridized carbons (Fsp3) is 0.188. The van der Waals surface area contributed by atoms with Crippen molar-refractivity contribution in [1.82, 2.24) is 5.32 Å². The van der Waals surface area contributed by atoms with Crippen molar-refractivity contribution in [1.29, 1.82) is 0 Å². The van der Waals surface area contributed by atoms with Crippen LogP contribution < -0.4 is 10.6 Å². The Morgan fingerprint density at radius 1 is 0.905 bits per heavy atom. The van der Waals surface area contributed by atoms with Crippen LogP contribution >= 0.6 is 35.4 Å². The van der Waals surface area contributed by atoms with E-state index in [2.05, 4.69) is 10.6 Å². The molecule has 0 aromatic heterocycles. The Labute approximate surface area is 140 Å². The van der Waals surface area contributed by atoms with E-state index in [9.17, 15) is 0 Å². The highest BCUT2D eigenvalue weighted by atomic mass is 35.5. The first-order valence-electron chi connectivity index (χ1n) is 6.68. The van der Waals surface area contributed by atoms with Crippen molar-refractivity contribution < 1.29 is 0 Å². The number of aryl methyl sites for hydroxylation is 1. The van der Waals surface area contributed by atoms with Gasteiger partial charge in [0.15, 0.2) is 5.11 Å². The monoisotopic (exact) mass is 338 g/mol. The molecule has 2 N–H and O–H groups in total. The number of nitrogens with one attached hydrogen (secondary N) is 2. The highest BCUT2D eigenvalue weighted by Gasteiger charge is 1.98. The molecule has 0 spiro atoms. The summed E-state index contributed by atoms with van der Waals surface area (Å²) in [5.41, 5.74) is 2.20. The first-order valence-corrected chi connectivity index (χ1v) is 7.85. The number of anilines is 1. The fourth-order valence-corrected chi connectivity index (χ4v) is 2.33. The van der Waals surface area contributed by atoms with Crippen LogP contribution in [0.5, 0.6) is 0 Å². The van der Waals surface area contributed by atoms with Crippen molar-refractivity contribution in [3.63, 3.8) is 0 Å². The summed E-state index contributed by atoms with van der Waals surface area (Å²) in [6.45, 7) is 0.821. The SMILES string of the molecule is S=C(NCCCc1ccc(Cl)cc1)Nc1ccc(Cl)cc1. The number of halogens is 2. The summed E-state index contributed by atoms with van der Waals surface area (Å²) in [5, 5.41) is 8.41. The van der Waals surface area contributed by atoms with Gasteiger partial charge in [-0.3, -0.25) is 0 Å². The van der Waals surface area contributed by atoms with Gasteiger partial charge in [0.2, 0.25) is 0 Å². The largest absolute Gasteiger partial charge is 0.362 e. The van der Waals surface area contributed by atoms with Gasteiger partial charge in [-0.25, -0.2) is 0 Å². The Morgan fingerprint density at radius 3 is 2.10 bits per heavy atom. The number of thiocarbonyl (C=S) groups is 1. The first kappa shape index (κ1) is 16.1. The minimum Gasteiger partial charge on any atom is -0.362 e. The highest BCUT2D eigenvalue weighted by Crippen LogP contribution is 2.13. The van der Waals surface area contributed by atoms with Gasteiger partial charge in [0, 0.05) is 22.3 Å². The van der Waals surface area contributed by atoms with Gasteiger partial charge in [0.05, 0.1) is 0 Å². The summed E-state index contributed by atoms with van der Waals surface area (Å²) >= 11 is 16.9. The van der Waals surface area contributed by atoms with Crippen molar-refractivity contribution in [2.75, 3.05) is 11.9 Å². The molecule has 0 atom stereocenters. The fourth-order valence-electron chi connectivity index (χ4n) is 1.85. The lowest BCUT2D eigenvalue weighted by atomic mass is 10.1. The van der Waals surface area contributed by atoms with Crippen LogP contribution in [0.2, 0.25) is 10.0 Å². The average Bonchev–Trinajstić information content (AvgIpc) is 2.48. The Kier molecular flexibility index (Phi) is 6.30. The molecule has 2 aromatic carbocycles. The van der Waals surface area contributed by atoms with Gasteiger partial charge < -0.3 is 10.6 Å². The number of hydrogen-bond donors (Lipinski definition) is 2. The maximum Gasteiger partial charge on any atom is 0.170 e. The van der Waals surface area contributed by atoms with E-state index in [1.165, 1.54) is 5.56 Å². The van der Waals surface area contributed by atoms with Crippen LogP contribution in [0.15, 0.2) is 48.5 Å². The third-order valence-corrected chi connectivity index (χ3v) is 3.69. The van der Waals surface area contributed by atoms with Crippen LogP contribution in [0.25, 0.3) is 0 Å². The van der Waals surface area contributed by atoms with E-state index >= 15 is 0 Å². The molecular weight excluding hydrogens is 323 g/mol. The standard InChI is InChI=1S/C16H16Cl2N2S/c17-13-5-3-12(4-6-13)2-1-11-19-16(21)20-15-9-7-14(18)8-10-15/h3-10H,1-2,11H2,(H2,19,20,21). The van der Waals surface area contributed by atoms with Crippen molar-refractivity contribution in [3.05, 3.63) is 64.1 Å². The van der Waals surface area contributed by atoms with Crippen LogP contribution in [-0.4, -0.2) is 11.7 Å². The van der Waals surface area contributed by atoms with Crippen LogP contribution in [0.1, 0.15) is 12.0 Å². The second-order valence-corrected chi connectivity index (χ2v) is 5.90. The second kappa shape index (κ2) is 8.23. The molecule has 0 saturated carbocycles. The van der Waals surface area contributed by atoms with Gasteiger partial charge in [-0.15, -0.1) is 0 Å². The van der Waals surface area contributed by atoms with E-state index < -0.39 is 0 Å². The maximum atomic E-state index is 5.86. The van der Waals surface area contributed by atoms with Gasteiger partial charge in [-0.05, 0) is 67.0 Å². The molecule has 21 heavy (non-hydrogen) atoms. The van der Waals surface area contributed by atoms with E-state index in [-0.39, 0.29) is 0 Å². The van der Waals surface area contributed by atoms with Crippen molar-refractivity contribution in [2.24, 2.45) is 0 Å². The van der Waals surface area contributed by atoms with Gasteiger partial charge in [-0.2, -0.15) is 0 Å². The van der Waals surface area contributed by atoms with Gasteiger partial charge in [0.25, 0.3) is 0 Å². The van der Waals surface area contributed by atoms with Crippen LogP contribution in [0.4, 0.5) is 5.69 Å². The Bertz CT molecular complexity index is 582. The predicted octanol–water partition coefficient (Wildman–Crippen LogP) is 4.91. The third kappa shape index (κ3) is 5.92. The smallest absolute Gasteiger partial charge is 0.170 e. The molecule has 2 nitrogen and oxygen atoms in total. The van der Waals surface area contributed by atoms with E-state index in [0.29, 0.717) is 10.1 Å². The van der Waals surface area contributed by atoms with E-state index in [4.69, 9.17) is 35.4 Å². The number of hydrogen-bond acceptors (Lipinski definition) is 1. The summed E-state index contributed by atoms with van der Waals surface area (Å²) in [6, 6.07) is 15.4. The van der Waals surface area contributed by atoms with Gasteiger partial charge in [0.1, 0.15) is 0 Å². The number of benzene rings is 2. The average molecular weight is 339 g/mol. The minimum absolute atomic E-state index is 0.619. The maximum absolute atomic E-state index is 5.86. The molecule has 0 unspecified atom stereocenters.